The van der Waals surface area contributed by atoms with Crippen molar-refractivity contribution in [1.82, 2.24) is 5.32 Å². The predicted octanol–water partition coefficient (Wildman–Crippen LogP) is 3.22. The van der Waals surface area contributed by atoms with Crippen molar-refractivity contribution < 1.29 is 24.3 Å². The first-order valence-electron chi connectivity index (χ1n) is 12.0. The number of carbonyl (C=O) groups excluding carboxylic acids is 4. The molecule has 35 heavy (non-hydrogen) atoms. The van der Waals surface area contributed by atoms with Crippen LogP contribution in [-0.4, -0.2) is 28.7 Å². The molecular formula is C28H26N2O5. The molecule has 0 aromatic heterocycles. The second-order valence-corrected chi connectivity index (χ2v) is 10.4. The molecule has 1 saturated carbocycles. The third-order valence-corrected chi connectivity index (χ3v) is 8.71. The lowest BCUT2D eigenvalue weighted by Crippen LogP contribution is -2.48. The van der Waals surface area contributed by atoms with Gasteiger partial charge in [-0.1, -0.05) is 48.0 Å². The zero-order valence-corrected chi connectivity index (χ0v) is 19.5. The third-order valence-electron chi connectivity index (χ3n) is 8.71. The highest BCUT2D eigenvalue weighted by atomic mass is 16.3. The molecule has 0 spiro atoms. The Kier molecular flexibility index (Phi) is 4.59. The van der Waals surface area contributed by atoms with Crippen molar-refractivity contribution in [2.45, 2.75) is 32.6 Å². The Labute approximate surface area is 202 Å². The maximum absolute atomic E-state index is 14.1. The van der Waals surface area contributed by atoms with E-state index in [9.17, 15) is 24.3 Å². The number of benzene rings is 2. The fraction of sp³-hybridized carbons (Fsp3) is 0.357. The summed E-state index contributed by atoms with van der Waals surface area (Å²) < 4.78 is 0. The van der Waals surface area contributed by atoms with Crippen molar-refractivity contribution in [2.24, 2.45) is 29.1 Å². The molecule has 2 aliphatic carbocycles. The van der Waals surface area contributed by atoms with Crippen LogP contribution in [0.15, 0.2) is 60.2 Å². The molecule has 0 bridgehead atoms. The first-order chi connectivity index (χ1) is 16.7. The Morgan fingerprint density at radius 1 is 0.971 bits per heavy atom. The van der Waals surface area contributed by atoms with Gasteiger partial charge < -0.3 is 5.11 Å². The van der Waals surface area contributed by atoms with Crippen molar-refractivity contribution in [3.63, 3.8) is 0 Å². The summed E-state index contributed by atoms with van der Waals surface area (Å²) in [5.41, 5.74) is 1.48. The number of imide groups is 2. The van der Waals surface area contributed by atoms with Gasteiger partial charge in [-0.2, -0.15) is 0 Å². The van der Waals surface area contributed by atoms with Crippen LogP contribution in [0.2, 0.25) is 0 Å². The molecule has 2 N–H and O–H groups in total. The summed E-state index contributed by atoms with van der Waals surface area (Å²) in [5, 5.41) is 13.6. The second kappa shape index (κ2) is 7.38. The van der Waals surface area contributed by atoms with Crippen molar-refractivity contribution in [2.75, 3.05) is 4.90 Å². The zero-order chi connectivity index (χ0) is 24.6. The molecule has 7 heteroatoms. The van der Waals surface area contributed by atoms with Crippen LogP contribution >= 0.6 is 0 Å². The fourth-order valence-corrected chi connectivity index (χ4v) is 7.01. The molecule has 4 amide bonds. The molecule has 2 aromatic carbocycles. The first kappa shape index (κ1) is 21.8. The van der Waals surface area contributed by atoms with E-state index in [-0.39, 0.29) is 35.3 Å². The van der Waals surface area contributed by atoms with E-state index in [4.69, 9.17) is 0 Å². The number of hydrogen-bond acceptors (Lipinski definition) is 5. The molecular weight excluding hydrogens is 444 g/mol. The number of anilines is 1. The van der Waals surface area contributed by atoms with Gasteiger partial charge in [-0.05, 0) is 50.3 Å². The zero-order valence-electron chi connectivity index (χ0n) is 19.5. The lowest BCUT2D eigenvalue weighted by Gasteiger charge is -2.49. The van der Waals surface area contributed by atoms with Gasteiger partial charge in [0.15, 0.2) is 0 Å². The number of phenols is 1. The number of aromatic hydroxyl groups is 1. The van der Waals surface area contributed by atoms with E-state index in [1.165, 1.54) is 4.90 Å². The molecule has 2 heterocycles. The van der Waals surface area contributed by atoms with Crippen LogP contribution in [0, 0.1) is 36.0 Å². The maximum Gasteiger partial charge on any atom is 0.241 e. The van der Waals surface area contributed by atoms with Crippen LogP contribution < -0.4 is 10.2 Å². The van der Waals surface area contributed by atoms with E-state index in [0.717, 1.165) is 5.57 Å². The molecule has 3 fully saturated rings. The molecule has 2 saturated heterocycles. The van der Waals surface area contributed by atoms with Crippen molar-refractivity contribution in [3.8, 4) is 5.75 Å². The Hall–Kier alpha value is -3.74. The van der Waals surface area contributed by atoms with Gasteiger partial charge >= 0.3 is 0 Å². The van der Waals surface area contributed by atoms with Crippen LogP contribution in [0.25, 0.3) is 0 Å². The van der Waals surface area contributed by atoms with Crippen LogP contribution in [0.3, 0.4) is 0 Å². The average molecular weight is 471 g/mol. The lowest BCUT2D eigenvalue weighted by molar-refractivity contribution is -0.131. The first-order valence-corrected chi connectivity index (χ1v) is 12.0. The number of hydrogen-bond donors (Lipinski definition) is 2. The van der Waals surface area contributed by atoms with Gasteiger partial charge in [0.2, 0.25) is 23.6 Å². The summed E-state index contributed by atoms with van der Waals surface area (Å²) in [4.78, 5) is 54.6. The topological polar surface area (TPSA) is 104 Å². The molecule has 2 aliphatic heterocycles. The molecule has 0 radical (unpaired) electrons. The molecule has 6 unspecified atom stereocenters. The highest BCUT2D eigenvalue weighted by molar-refractivity contribution is 6.24. The standard InChI is InChI=1S/C28H26N2O5/c1-14-7-6-10-18(23(14)31)22-16-11-12-17-21(25(33)29-24(17)32)19(16)13-20-26(34)30(27(35)28(20,22)2)15-8-4-3-5-9-15/h3-11,17,19-22,31H,12-13H2,1-2H3,(H,29,32,33). The van der Waals surface area contributed by atoms with Gasteiger partial charge in [0, 0.05) is 11.5 Å². The van der Waals surface area contributed by atoms with Crippen LogP contribution in [0.1, 0.15) is 36.8 Å². The summed E-state index contributed by atoms with van der Waals surface area (Å²) in [6.45, 7) is 3.61. The highest BCUT2D eigenvalue weighted by Gasteiger charge is 2.67. The van der Waals surface area contributed by atoms with E-state index in [0.29, 0.717) is 29.7 Å². The van der Waals surface area contributed by atoms with Gasteiger partial charge in [0.1, 0.15) is 5.75 Å². The van der Waals surface area contributed by atoms with Crippen molar-refractivity contribution in [3.05, 3.63) is 71.3 Å². The molecule has 2 aromatic rings. The quantitative estimate of drug-likeness (QED) is 0.518. The molecule has 6 atom stereocenters. The van der Waals surface area contributed by atoms with Gasteiger partial charge in [-0.25, -0.2) is 4.90 Å². The molecule has 6 rings (SSSR count). The number of nitrogens with one attached hydrogen (secondary N) is 1. The number of fused-ring (bicyclic) bond motifs is 4. The number of allylic oxidation sites excluding steroid dienone is 2. The SMILES string of the molecule is Cc1cccc(C2C3=CCC4C(=O)NC(=O)C4C3CC3C(=O)N(c4ccccc4)C(=O)C32C)c1O. The fourth-order valence-electron chi connectivity index (χ4n) is 7.01. The van der Waals surface area contributed by atoms with E-state index in [1.807, 2.05) is 25.1 Å². The smallest absolute Gasteiger partial charge is 0.241 e. The van der Waals surface area contributed by atoms with Crippen LogP contribution in [-0.2, 0) is 19.2 Å². The number of phenolic OH excluding ortho intramolecular Hbond substituents is 1. The summed E-state index contributed by atoms with van der Waals surface area (Å²) in [6.07, 6.45) is 2.67. The number of amides is 4. The number of para-hydroxylation sites is 2. The Morgan fingerprint density at radius 3 is 2.46 bits per heavy atom. The summed E-state index contributed by atoms with van der Waals surface area (Å²) in [5.74, 6) is -3.81. The van der Waals surface area contributed by atoms with E-state index >= 15 is 0 Å². The van der Waals surface area contributed by atoms with Gasteiger partial charge in [0.05, 0.1) is 28.9 Å². The van der Waals surface area contributed by atoms with Crippen LogP contribution in [0.5, 0.6) is 5.75 Å². The third kappa shape index (κ3) is 2.78. The van der Waals surface area contributed by atoms with Gasteiger partial charge in [-0.3, -0.25) is 24.5 Å². The Morgan fingerprint density at radius 2 is 1.71 bits per heavy atom. The summed E-state index contributed by atoms with van der Waals surface area (Å²) in [7, 11) is 0. The van der Waals surface area contributed by atoms with Crippen molar-refractivity contribution in [1.29, 1.82) is 0 Å². The molecule has 178 valence electrons. The number of nitrogens with zero attached hydrogens (tertiary/aromatic N) is 1. The Balaban J connectivity index is 1.57. The van der Waals surface area contributed by atoms with Crippen LogP contribution in [0.4, 0.5) is 5.69 Å². The largest absolute Gasteiger partial charge is 0.507 e. The monoisotopic (exact) mass is 470 g/mol. The van der Waals surface area contributed by atoms with Crippen molar-refractivity contribution >= 4 is 29.3 Å². The van der Waals surface area contributed by atoms with Gasteiger partial charge in [-0.15, -0.1) is 0 Å². The summed E-state index contributed by atoms with van der Waals surface area (Å²) in [6, 6.07) is 14.3. The minimum atomic E-state index is -1.15. The average Bonchev–Trinajstić information content (AvgIpc) is 3.24. The Bertz CT molecular complexity index is 1330. The minimum absolute atomic E-state index is 0.0894. The van der Waals surface area contributed by atoms with E-state index < -0.39 is 29.1 Å². The lowest BCUT2D eigenvalue weighted by atomic mass is 9.51. The maximum atomic E-state index is 14.1. The van der Waals surface area contributed by atoms with Gasteiger partial charge in [0.25, 0.3) is 0 Å². The normalized spacial score (nSPS) is 33.7. The predicted molar refractivity (Wildman–Crippen MR) is 127 cm³/mol. The minimum Gasteiger partial charge on any atom is -0.507 e. The second-order valence-electron chi connectivity index (χ2n) is 10.4. The number of carbonyl (C=O) groups is 4. The molecule has 4 aliphatic rings. The molecule has 7 nitrogen and oxygen atoms in total. The van der Waals surface area contributed by atoms with E-state index in [2.05, 4.69) is 5.32 Å². The number of aryl methyl sites for hydroxylation is 1. The highest BCUT2D eigenvalue weighted by Crippen LogP contribution is 2.64. The summed E-state index contributed by atoms with van der Waals surface area (Å²) >= 11 is 0. The van der Waals surface area contributed by atoms with E-state index in [1.54, 1.807) is 43.3 Å². The number of rotatable bonds is 2.